The summed E-state index contributed by atoms with van der Waals surface area (Å²) in [5.41, 5.74) is 0. The standard InChI is InChI=1S/C11H17NO5S/c13-10(6-17-11(14)8-2-1-3-8)12-9-4-5-18(15,16)7-9/h8-9H,1-7H2,(H,12,13)/t9-/m1/s1. The van der Waals surface area contributed by atoms with E-state index in [1.807, 2.05) is 0 Å². The molecule has 102 valence electrons. The van der Waals surface area contributed by atoms with Crippen LogP contribution in [-0.2, 0) is 24.2 Å². The molecule has 2 rings (SSSR count). The summed E-state index contributed by atoms with van der Waals surface area (Å²) in [6, 6.07) is -0.343. The van der Waals surface area contributed by atoms with Gasteiger partial charge < -0.3 is 10.1 Å². The molecule has 1 saturated carbocycles. The van der Waals surface area contributed by atoms with Gasteiger partial charge in [0.25, 0.3) is 5.91 Å². The van der Waals surface area contributed by atoms with Gasteiger partial charge in [-0.05, 0) is 19.3 Å². The molecule has 7 heteroatoms. The molecule has 1 aliphatic heterocycles. The number of rotatable bonds is 4. The Morgan fingerprint density at radius 3 is 2.44 bits per heavy atom. The highest BCUT2D eigenvalue weighted by Gasteiger charge is 2.30. The van der Waals surface area contributed by atoms with Crippen LogP contribution in [0.3, 0.4) is 0 Å². The van der Waals surface area contributed by atoms with Crippen LogP contribution < -0.4 is 5.32 Å². The van der Waals surface area contributed by atoms with Crippen molar-refractivity contribution in [3.63, 3.8) is 0 Å². The van der Waals surface area contributed by atoms with Crippen LogP contribution in [0.1, 0.15) is 25.7 Å². The summed E-state index contributed by atoms with van der Waals surface area (Å²) >= 11 is 0. The number of ether oxygens (including phenoxy) is 1. The Hall–Kier alpha value is -1.11. The minimum atomic E-state index is -3.00. The molecule has 0 aromatic carbocycles. The van der Waals surface area contributed by atoms with Gasteiger partial charge in [-0.25, -0.2) is 8.42 Å². The first-order valence-electron chi connectivity index (χ1n) is 6.13. The summed E-state index contributed by atoms with van der Waals surface area (Å²) in [4.78, 5) is 22.8. The fourth-order valence-electron chi connectivity index (χ4n) is 2.08. The SMILES string of the molecule is O=C(COC(=O)C1CCC1)N[C@@H]1CCS(=O)(=O)C1. The summed E-state index contributed by atoms with van der Waals surface area (Å²) in [5, 5.41) is 2.57. The molecule has 0 unspecified atom stereocenters. The molecule has 0 spiro atoms. The number of hydrogen-bond donors (Lipinski definition) is 1. The number of sulfone groups is 1. The lowest BCUT2D eigenvalue weighted by molar-refractivity contribution is -0.155. The maximum absolute atomic E-state index is 11.5. The molecule has 18 heavy (non-hydrogen) atoms. The van der Waals surface area contributed by atoms with E-state index in [9.17, 15) is 18.0 Å². The zero-order valence-corrected chi connectivity index (χ0v) is 10.9. The van der Waals surface area contributed by atoms with Crippen molar-refractivity contribution in [3.05, 3.63) is 0 Å². The Kier molecular flexibility index (Phi) is 3.89. The first kappa shape index (κ1) is 13.3. The lowest BCUT2D eigenvalue weighted by atomic mass is 9.86. The Morgan fingerprint density at radius 1 is 1.22 bits per heavy atom. The van der Waals surface area contributed by atoms with E-state index in [-0.39, 0.29) is 36.0 Å². The van der Waals surface area contributed by atoms with Gasteiger partial charge in [-0.1, -0.05) is 6.42 Å². The number of esters is 1. The summed E-state index contributed by atoms with van der Waals surface area (Å²) in [7, 11) is -3.00. The van der Waals surface area contributed by atoms with Gasteiger partial charge in [-0.2, -0.15) is 0 Å². The van der Waals surface area contributed by atoms with Crippen LogP contribution in [0.5, 0.6) is 0 Å². The number of hydrogen-bond acceptors (Lipinski definition) is 5. The average molecular weight is 275 g/mol. The minimum absolute atomic E-state index is 0.0185. The third-order valence-electron chi connectivity index (χ3n) is 3.38. The summed E-state index contributed by atoms with van der Waals surface area (Å²) in [6.45, 7) is -0.314. The summed E-state index contributed by atoms with van der Waals surface area (Å²) in [5.74, 6) is -0.709. The number of carbonyl (C=O) groups is 2. The van der Waals surface area contributed by atoms with Crippen LogP contribution >= 0.6 is 0 Å². The van der Waals surface area contributed by atoms with Crippen molar-refractivity contribution in [1.29, 1.82) is 0 Å². The summed E-state index contributed by atoms with van der Waals surface area (Å²) in [6.07, 6.45) is 3.14. The van der Waals surface area contributed by atoms with E-state index in [1.165, 1.54) is 0 Å². The highest BCUT2D eigenvalue weighted by atomic mass is 32.2. The van der Waals surface area contributed by atoms with Crippen LogP contribution in [-0.4, -0.2) is 44.4 Å². The van der Waals surface area contributed by atoms with Crippen molar-refractivity contribution in [2.24, 2.45) is 5.92 Å². The van der Waals surface area contributed by atoms with E-state index < -0.39 is 15.7 Å². The molecule has 0 bridgehead atoms. The quantitative estimate of drug-likeness (QED) is 0.707. The van der Waals surface area contributed by atoms with Crippen molar-refractivity contribution >= 4 is 21.7 Å². The van der Waals surface area contributed by atoms with Gasteiger partial charge in [0, 0.05) is 6.04 Å². The largest absolute Gasteiger partial charge is 0.455 e. The molecular formula is C11H17NO5S. The molecule has 2 aliphatic rings. The van der Waals surface area contributed by atoms with Crippen molar-refractivity contribution < 1.29 is 22.7 Å². The molecule has 1 amide bonds. The Labute approximate surface area is 106 Å². The molecule has 0 aromatic rings. The van der Waals surface area contributed by atoms with Gasteiger partial charge >= 0.3 is 5.97 Å². The second-order valence-corrected chi connectivity index (χ2v) is 7.13. The molecule has 0 aromatic heterocycles. The summed E-state index contributed by atoms with van der Waals surface area (Å²) < 4.78 is 27.2. The number of nitrogens with one attached hydrogen (secondary N) is 1. The second kappa shape index (κ2) is 5.26. The maximum Gasteiger partial charge on any atom is 0.309 e. The number of amides is 1. The molecule has 1 atom stereocenters. The Morgan fingerprint density at radius 2 is 1.94 bits per heavy atom. The highest BCUT2D eigenvalue weighted by Crippen LogP contribution is 2.27. The predicted molar refractivity (Wildman–Crippen MR) is 63.5 cm³/mol. The topological polar surface area (TPSA) is 89.5 Å². The Balaban J connectivity index is 1.67. The van der Waals surface area contributed by atoms with Crippen LogP contribution in [0.4, 0.5) is 0 Å². The molecule has 0 radical (unpaired) electrons. The van der Waals surface area contributed by atoms with E-state index in [2.05, 4.69) is 5.32 Å². The normalized spacial score (nSPS) is 26.3. The maximum atomic E-state index is 11.5. The molecule has 1 N–H and O–H groups in total. The molecule has 6 nitrogen and oxygen atoms in total. The van der Waals surface area contributed by atoms with Crippen molar-refractivity contribution in [1.82, 2.24) is 5.32 Å². The van der Waals surface area contributed by atoms with Crippen molar-refractivity contribution in [3.8, 4) is 0 Å². The smallest absolute Gasteiger partial charge is 0.309 e. The molecule has 1 saturated heterocycles. The zero-order chi connectivity index (χ0) is 13.2. The molecular weight excluding hydrogens is 258 g/mol. The number of carbonyl (C=O) groups excluding carboxylic acids is 2. The molecule has 1 aliphatic carbocycles. The molecule has 2 fully saturated rings. The third kappa shape index (κ3) is 3.44. The zero-order valence-electron chi connectivity index (χ0n) is 10.1. The second-order valence-electron chi connectivity index (χ2n) is 4.90. The monoisotopic (exact) mass is 275 g/mol. The predicted octanol–water partition coefficient (Wildman–Crippen LogP) is -0.367. The first-order valence-corrected chi connectivity index (χ1v) is 7.95. The fraction of sp³-hybridized carbons (Fsp3) is 0.818. The van der Waals surface area contributed by atoms with Crippen LogP contribution in [0.15, 0.2) is 0 Å². The van der Waals surface area contributed by atoms with E-state index in [0.717, 1.165) is 19.3 Å². The van der Waals surface area contributed by atoms with E-state index in [1.54, 1.807) is 0 Å². The minimum Gasteiger partial charge on any atom is -0.455 e. The van der Waals surface area contributed by atoms with Gasteiger partial charge in [0.05, 0.1) is 17.4 Å². The molecule has 1 heterocycles. The van der Waals surface area contributed by atoms with Gasteiger partial charge in [-0.15, -0.1) is 0 Å². The van der Waals surface area contributed by atoms with Gasteiger partial charge in [-0.3, -0.25) is 9.59 Å². The lowest BCUT2D eigenvalue weighted by Gasteiger charge is -2.23. The van der Waals surface area contributed by atoms with Crippen LogP contribution in [0, 0.1) is 5.92 Å². The van der Waals surface area contributed by atoms with Crippen LogP contribution in [0.2, 0.25) is 0 Å². The highest BCUT2D eigenvalue weighted by molar-refractivity contribution is 7.91. The van der Waals surface area contributed by atoms with Crippen molar-refractivity contribution in [2.45, 2.75) is 31.7 Å². The van der Waals surface area contributed by atoms with E-state index >= 15 is 0 Å². The first-order chi connectivity index (χ1) is 8.46. The van der Waals surface area contributed by atoms with Gasteiger partial charge in [0.15, 0.2) is 16.4 Å². The lowest BCUT2D eigenvalue weighted by Crippen LogP contribution is -2.39. The van der Waals surface area contributed by atoms with E-state index in [0.29, 0.717) is 6.42 Å². The Bertz CT molecular complexity index is 440. The third-order valence-corrected chi connectivity index (χ3v) is 5.15. The van der Waals surface area contributed by atoms with E-state index in [4.69, 9.17) is 4.74 Å². The average Bonchev–Trinajstić information content (AvgIpc) is 2.52. The van der Waals surface area contributed by atoms with Crippen LogP contribution in [0.25, 0.3) is 0 Å². The van der Waals surface area contributed by atoms with Gasteiger partial charge in [0.1, 0.15) is 0 Å². The fourth-order valence-corrected chi connectivity index (χ4v) is 3.75. The van der Waals surface area contributed by atoms with Crippen molar-refractivity contribution in [2.75, 3.05) is 18.1 Å². The van der Waals surface area contributed by atoms with Gasteiger partial charge in [0.2, 0.25) is 0 Å².